The molecule has 0 aliphatic rings. The normalized spacial score (nSPS) is 13.3. The Kier molecular flexibility index (Phi) is 7.81. The average Bonchev–Trinajstić information content (AvgIpc) is 2.45. The van der Waals surface area contributed by atoms with E-state index in [1.165, 1.54) is 24.0 Å². The van der Waals surface area contributed by atoms with Gasteiger partial charge in [-0.15, -0.1) is 0 Å². The molecule has 1 rings (SSSR count). The molecular formula is C21H34O2. The number of benzene rings is 1. The lowest BCUT2D eigenvalue weighted by atomic mass is 9.86. The van der Waals surface area contributed by atoms with Crippen LogP contribution in [0.15, 0.2) is 24.3 Å². The van der Waals surface area contributed by atoms with Gasteiger partial charge >= 0.3 is 5.97 Å². The topological polar surface area (TPSA) is 37.3 Å². The van der Waals surface area contributed by atoms with Crippen molar-refractivity contribution in [2.45, 2.75) is 78.6 Å². The van der Waals surface area contributed by atoms with Crippen LogP contribution in [0, 0.1) is 11.8 Å². The van der Waals surface area contributed by atoms with Crippen LogP contribution in [0.25, 0.3) is 0 Å². The van der Waals surface area contributed by atoms with Gasteiger partial charge in [0.15, 0.2) is 0 Å². The van der Waals surface area contributed by atoms with E-state index in [2.05, 4.69) is 45.0 Å². The monoisotopic (exact) mass is 318 g/mol. The SMILES string of the molecule is CC(C)[C@H](CCCCCCc1ccc(C(C)(C)C)cc1)C(=O)O. The van der Waals surface area contributed by atoms with Crippen molar-refractivity contribution in [2.24, 2.45) is 11.8 Å². The minimum Gasteiger partial charge on any atom is -0.481 e. The summed E-state index contributed by atoms with van der Waals surface area (Å²) >= 11 is 0. The minimum atomic E-state index is -0.640. The first kappa shape index (κ1) is 19.7. The van der Waals surface area contributed by atoms with Crippen LogP contribution in [0.2, 0.25) is 0 Å². The van der Waals surface area contributed by atoms with E-state index in [1.54, 1.807) is 0 Å². The van der Waals surface area contributed by atoms with Crippen LogP contribution in [0.3, 0.4) is 0 Å². The van der Waals surface area contributed by atoms with Gasteiger partial charge in [0.1, 0.15) is 0 Å². The number of carboxylic acid groups (broad SMARTS) is 1. The highest BCUT2D eigenvalue weighted by molar-refractivity contribution is 5.70. The number of rotatable bonds is 9. The number of carboxylic acids is 1. The van der Waals surface area contributed by atoms with E-state index in [-0.39, 0.29) is 17.3 Å². The summed E-state index contributed by atoms with van der Waals surface area (Å²) in [7, 11) is 0. The number of carbonyl (C=O) groups is 1. The number of hydrogen-bond acceptors (Lipinski definition) is 1. The van der Waals surface area contributed by atoms with E-state index in [0.717, 1.165) is 25.7 Å². The summed E-state index contributed by atoms with van der Waals surface area (Å²) in [5, 5.41) is 9.17. The van der Waals surface area contributed by atoms with Crippen LogP contribution in [-0.4, -0.2) is 11.1 Å². The van der Waals surface area contributed by atoms with Crippen LogP contribution < -0.4 is 0 Å². The maximum atomic E-state index is 11.1. The van der Waals surface area contributed by atoms with Crippen molar-refractivity contribution in [2.75, 3.05) is 0 Å². The summed E-state index contributed by atoms with van der Waals surface area (Å²) in [6, 6.07) is 8.99. The van der Waals surface area contributed by atoms with Crippen molar-refractivity contribution in [3.05, 3.63) is 35.4 Å². The van der Waals surface area contributed by atoms with Gasteiger partial charge in [-0.1, -0.05) is 78.1 Å². The Hall–Kier alpha value is -1.31. The van der Waals surface area contributed by atoms with Gasteiger partial charge in [0, 0.05) is 0 Å². The third-order valence-electron chi connectivity index (χ3n) is 4.67. The van der Waals surface area contributed by atoms with Crippen molar-refractivity contribution in [3.8, 4) is 0 Å². The van der Waals surface area contributed by atoms with E-state index in [1.807, 2.05) is 13.8 Å². The number of aliphatic carboxylic acids is 1. The standard InChI is InChI=1S/C21H34O2/c1-16(2)19(20(22)23)11-9-7-6-8-10-17-12-14-18(15-13-17)21(3,4)5/h12-16,19H,6-11H2,1-5H3,(H,22,23)/t19-/m0/s1. The van der Waals surface area contributed by atoms with E-state index >= 15 is 0 Å². The molecule has 1 atom stereocenters. The number of hydrogen-bond donors (Lipinski definition) is 1. The largest absolute Gasteiger partial charge is 0.481 e. The second kappa shape index (κ2) is 9.10. The lowest BCUT2D eigenvalue weighted by Gasteiger charge is -2.19. The highest BCUT2D eigenvalue weighted by Gasteiger charge is 2.20. The van der Waals surface area contributed by atoms with Gasteiger partial charge in [0.05, 0.1) is 5.92 Å². The summed E-state index contributed by atoms with van der Waals surface area (Å²) < 4.78 is 0. The average molecular weight is 319 g/mol. The van der Waals surface area contributed by atoms with Crippen LogP contribution in [0.1, 0.15) is 77.8 Å². The van der Waals surface area contributed by atoms with Gasteiger partial charge < -0.3 is 5.11 Å². The van der Waals surface area contributed by atoms with Gasteiger partial charge in [-0.2, -0.15) is 0 Å². The predicted octanol–water partition coefficient (Wildman–Crippen LogP) is 5.83. The molecule has 0 fully saturated rings. The summed E-state index contributed by atoms with van der Waals surface area (Å²) in [5.41, 5.74) is 3.01. The molecule has 0 aliphatic heterocycles. The molecular weight excluding hydrogens is 284 g/mol. The summed E-state index contributed by atoms with van der Waals surface area (Å²) in [6.45, 7) is 10.7. The van der Waals surface area contributed by atoms with E-state index in [4.69, 9.17) is 0 Å². The Balaban J connectivity index is 2.24. The fourth-order valence-corrected chi connectivity index (χ4v) is 2.96. The summed E-state index contributed by atoms with van der Waals surface area (Å²) in [5.74, 6) is -0.590. The summed E-state index contributed by atoms with van der Waals surface area (Å²) in [4.78, 5) is 11.1. The van der Waals surface area contributed by atoms with Crippen LogP contribution >= 0.6 is 0 Å². The number of unbranched alkanes of at least 4 members (excludes halogenated alkanes) is 3. The maximum absolute atomic E-state index is 11.1. The van der Waals surface area contributed by atoms with Crippen molar-refractivity contribution < 1.29 is 9.90 Å². The number of aryl methyl sites for hydroxylation is 1. The first-order valence-corrected chi connectivity index (χ1v) is 9.04. The zero-order valence-corrected chi connectivity index (χ0v) is 15.6. The molecule has 2 heteroatoms. The third kappa shape index (κ3) is 7.20. The lowest BCUT2D eigenvalue weighted by Crippen LogP contribution is -2.19. The first-order valence-electron chi connectivity index (χ1n) is 9.04. The zero-order valence-electron chi connectivity index (χ0n) is 15.6. The van der Waals surface area contributed by atoms with E-state index < -0.39 is 5.97 Å². The molecule has 0 spiro atoms. The Labute approximate surface area is 142 Å². The first-order chi connectivity index (χ1) is 10.7. The second-order valence-electron chi connectivity index (χ2n) is 8.09. The molecule has 1 N–H and O–H groups in total. The van der Waals surface area contributed by atoms with Gasteiger partial charge in [-0.3, -0.25) is 4.79 Å². The minimum absolute atomic E-state index is 0.181. The highest BCUT2D eigenvalue weighted by Crippen LogP contribution is 2.23. The highest BCUT2D eigenvalue weighted by atomic mass is 16.4. The molecule has 0 saturated heterocycles. The lowest BCUT2D eigenvalue weighted by molar-refractivity contribution is -0.143. The molecule has 130 valence electrons. The zero-order chi connectivity index (χ0) is 17.5. The fraction of sp³-hybridized carbons (Fsp3) is 0.667. The quantitative estimate of drug-likeness (QED) is 0.581. The molecule has 0 aromatic heterocycles. The Morgan fingerprint density at radius 1 is 1.00 bits per heavy atom. The van der Waals surface area contributed by atoms with Gasteiger partial charge in [0.2, 0.25) is 0 Å². The maximum Gasteiger partial charge on any atom is 0.306 e. The molecule has 0 unspecified atom stereocenters. The third-order valence-corrected chi connectivity index (χ3v) is 4.67. The van der Waals surface area contributed by atoms with Crippen LogP contribution in [0.5, 0.6) is 0 Å². The molecule has 0 heterocycles. The molecule has 1 aromatic rings. The fourth-order valence-electron chi connectivity index (χ4n) is 2.96. The molecule has 0 radical (unpaired) electrons. The molecule has 23 heavy (non-hydrogen) atoms. The Bertz CT molecular complexity index is 466. The van der Waals surface area contributed by atoms with Crippen LogP contribution in [0.4, 0.5) is 0 Å². The molecule has 0 bridgehead atoms. The van der Waals surface area contributed by atoms with E-state index in [0.29, 0.717) is 0 Å². The van der Waals surface area contributed by atoms with E-state index in [9.17, 15) is 9.90 Å². The molecule has 0 aliphatic carbocycles. The van der Waals surface area contributed by atoms with Crippen molar-refractivity contribution >= 4 is 5.97 Å². The predicted molar refractivity (Wildman–Crippen MR) is 97.9 cm³/mol. The smallest absolute Gasteiger partial charge is 0.306 e. The molecule has 0 saturated carbocycles. The van der Waals surface area contributed by atoms with Crippen molar-refractivity contribution in [3.63, 3.8) is 0 Å². The molecule has 0 amide bonds. The van der Waals surface area contributed by atoms with Crippen molar-refractivity contribution in [1.29, 1.82) is 0 Å². The second-order valence-corrected chi connectivity index (χ2v) is 8.09. The van der Waals surface area contributed by atoms with Crippen molar-refractivity contribution in [1.82, 2.24) is 0 Å². The van der Waals surface area contributed by atoms with Gasteiger partial charge in [-0.05, 0) is 41.7 Å². The Morgan fingerprint density at radius 3 is 2.04 bits per heavy atom. The van der Waals surface area contributed by atoms with Gasteiger partial charge in [-0.25, -0.2) is 0 Å². The van der Waals surface area contributed by atoms with Crippen LogP contribution in [-0.2, 0) is 16.6 Å². The van der Waals surface area contributed by atoms with Gasteiger partial charge in [0.25, 0.3) is 0 Å². The summed E-state index contributed by atoms with van der Waals surface area (Å²) in [6.07, 6.45) is 6.47. The molecule has 1 aromatic carbocycles. The molecule has 2 nitrogen and oxygen atoms in total. The Morgan fingerprint density at radius 2 is 1.57 bits per heavy atom.